The Morgan fingerprint density at radius 2 is 1.81 bits per heavy atom. The van der Waals surface area contributed by atoms with Gasteiger partial charge in [-0.1, -0.05) is 36.2 Å². The van der Waals surface area contributed by atoms with Crippen molar-refractivity contribution in [1.82, 2.24) is 10.7 Å². The molecule has 2 aromatic heterocycles. The van der Waals surface area contributed by atoms with Gasteiger partial charge >= 0.3 is 0 Å². The van der Waals surface area contributed by atoms with Crippen LogP contribution >= 0.6 is 45.9 Å². The van der Waals surface area contributed by atoms with Crippen LogP contribution in [0, 0.1) is 0 Å². The first-order chi connectivity index (χ1) is 14.8. The molecular weight excluding hydrogens is 477 g/mol. The van der Waals surface area contributed by atoms with E-state index in [9.17, 15) is 14.7 Å². The summed E-state index contributed by atoms with van der Waals surface area (Å²) in [6.45, 7) is 4.22. The Balaban J connectivity index is 1.72. The molecule has 0 saturated heterocycles. The van der Waals surface area contributed by atoms with E-state index >= 15 is 0 Å². The first-order valence-electron chi connectivity index (χ1n) is 9.30. The van der Waals surface area contributed by atoms with Gasteiger partial charge in [-0.2, -0.15) is 5.10 Å². The summed E-state index contributed by atoms with van der Waals surface area (Å²) in [5.74, 6) is -0.591. The van der Waals surface area contributed by atoms with Gasteiger partial charge < -0.3 is 10.4 Å². The predicted molar refractivity (Wildman–Crippen MR) is 128 cm³/mol. The van der Waals surface area contributed by atoms with E-state index in [1.54, 1.807) is 42.6 Å². The Bertz CT molecular complexity index is 1150. The molecule has 0 fully saturated rings. The molecule has 0 aliphatic rings. The lowest BCUT2D eigenvalue weighted by atomic mass is 10.1. The highest BCUT2D eigenvalue weighted by Gasteiger charge is 2.17. The third kappa shape index (κ3) is 5.46. The summed E-state index contributed by atoms with van der Waals surface area (Å²) in [5.41, 5.74) is 4.13. The van der Waals surface area contributed by atoms with Crippen LogP contribution in [-0.4, -0.2) is 29.2 Å². The summed E-state index contributed by atoms with van der Waals surface area (Å²) in [4.78, 5) is 25.8. The van der Waals surface area contributed by atoms with Gasteiger partial charge in [-0.25, -0.2) is 5.43 Å². The van der Waals surface area contributed by atoms with Crippen molar-refractivity contribution in [2.24, 2.45) is 5.10 Å². The van der Waals surface area contributed by atoms with Crippen molar-refractivity contribution >= 4 is 63.4 Å². The standard InChI is InChI=1S/C21H19Cl2N3O3S2/c1-3-8-24-20(28)16-6-7-17(31-16)21(29)26-25-11(2)13-10-30-19(18(13)27)12-4-5-14(22)15(23)9-12/h4-7,9-10,27H,3,8H2,1-2H3,(H,24,28)(H,26,29). The molecular formula is C21H19Cl2N3O3S2. The van der Waals surface area contributed by atoms with Crippen molar-refractivity contribution in [2.45, 2.75) is 20.3 Å². The number of aromatic hydroxyl groups is 1. The van der Waals surface area contributed by atoms with Crippen LogP contribution in [0.25, 0.3) is 10.4 Å². The molecule has 10 heteroatoms. The molecule has 6 nitrogen and oxygen atoms in total. The van der Waals surface area contributed by atoms with Gasteiger partial charge in [0.2, 0.25) is 0 Å². The minimum Gasteiger partial charge on any atom is -0.506 e. The highest BCUT2D eigenvalue weighted by atomic mass is 35.5. The molecule has 1 aromatic carbocycles. The minimum absolute atomic E-state index is 0.0462. The van der Waals surface area contributed by atoms with Crippen molar-refractivity contribution in [3.8, 4) is 16.2 Å². The van der Waals surface area contributed by atoms with Crippen molar-refractivity contribution in [3.05, 3.63) is 61.1 Å². The Kier molecular flexibility index (Phi) is 7.72. The molecule has 2 heterocycles. The lowest BCUT2D eigenvalue weighted by Gasteiger charge is -2.04. The molecule has 0 atom stereocenters. The number of halogens is 2. The molecule has 0 aliphatic heterocycles. The van der Waals surface area contributed by atoms with Gasteiger partial charge in [-0.15, -0.1) is 22.7 Å². The Labute approximate surface area is 197 Å². The number of thiophene rings is 2. The molecule has 0 bridgehead atoms. The zero-order valence-electron chi connectivity index (χ0n) is 16.7. The number of hydrogen-bond donors (Lipinski definition) is 3. The van der Waals surface area contributed by atoms with E-state index < -0.39 is 5.91 Å². The average molecular weight is 496 g/mol. The third-order valence-corrected chi connectivity index (χ3v) is 7.09. The number of benzene rings is 1. The summed E-state index contributed by atoms with van der Waals surface area (Å²) < 4.78 is 0. The second kappa shape index (κ2) is 10.3. The van der Waals surface area contributed by atoms with Gasteiger partial charge in [0, 0.05) is 11.9 Å². The first-order valence-corrected chi connectivity index (χ1v) is 11.8. The third-order valence-electron chi connectivity index (χ3n) is 4.25. The number of amides is 2. The van der Waals surface area contributed by atoms with Crippen LogP contribution in [0.3, 0.4) is 0 Å². The van der Waals surface area contributed by atoms with Crippen LogP contribution in [0.1, 0.15) is 45.2 Å². The molecule has 0 unspecified atom stereocenters. The van der Waals surface area contributed by atoms with E-state index in [4.69, 9.17) is 23.2 Å². The maximum atomic E-state index is 12.4. The molecule has 3 N–H and O–H groups in total. The molecule has 3 aromatic rings. The van der Waals surface area contributed by atoms with Gasteiger partial charge in [0.05, 0.1) is 36.0 Å². The number of nitrogens with zero attached hydrogens (tertiary/aromatic N) is 1. The molecule has 162 valence electrons. The minimum atomic E-state index is -0.432. The molecule has 0 radical (unpaired) electrons. The molecule has 31 heavy (non-hydrogen) atoms. The second-order valence-corrected chi connectivity index (χ2v) is 9.29. The smallest absolute Gasteiger partial charge is 0.281 e. The van der Waals surface area contributed by atoms with Crippen LogP contribution < -0.4 is 10.7 Å². The maximum Gasteiger partial charge on any atom is 0.281 e. The quantitative estimate of drug-likeness (QED) is 0.286. The van der Waals surface area contributed by atoms with E-state index in [0.717, 1.165) is 23.3 Å². The lowest BCUT2D eigenvalue weighted by Crippen LogP contribution is -2.23. The number of carbonyl (C=O) groups is 2. The zero-order valence-corrected chi connectivity index (χ0v) is 19.8. The summed E-state index contributed by atoms with van der Waals surface area (Å²) >= 11 is 14.4. The first kappa shape index (κ1) is 23.3. The molecule has 0 saturated carbocycles. The SMILES string of the molecule is CCCNC(=O)c1ccc(C(=O)NN=C(C)c2csc(-c3ccc(Cl)c(Cl)c3)c2O)s1. The maximum absolute atomic E-state index is 12.4. The summed E-state index contributed by atoms with van der Waals surface area (Å²) in [6, 6.07) is 8.30. The highest BCUT2D eigenvalue weighted by Crippen LogP contribution is 2.40. The molecule has 0 aliphatic carbocycles. The van der Waals surface area contributed by atoms with Gasteiger partial charge in [-0.3, -0.25) is 9.59 Å². The number of hydrogen-bond acceptors (Lipinski definition) is 6. The Morgan fingerprint density at radius 1 is 1.10 bits per heavy atom. The van der Waals surface area contributed by atoms with E-state index in [1.807, 2.05) is 6.92 Å². The largest absolute Gasteiger partial charge is 0.506 e. The molecule has 2 amide bonds. The second-order valence-electron chi connectivity index (χ2n) is 6.51. The molecule has 0 spiro atoms. The summed E-state index contributed by atoms with van der Waals surface area (Å²) in [7, 11) is 0. The molecule has 3 rings (SSSR count). The van der Waals surface area contributed by atoms with E-state index in [1.165, 1.54) is 11.3 Å². The topological polar surface area (TPSA) is 90.8 Å². The summed E-state index contributed by atoms with van der Waals surface area (Å²) in [5, 5.41) is 20.1. The van der Waals surface area contributed by atoms with Gasteiger partial charge in [0.25, 0.3) is 11.8 Å². The highest BCUT2D eigenvalue weighted by molar-refractivity contribution is 7.16. The van der Waals surface area contributed by atoms with Crippen molar-refractivity contribution in [3.63, 3.8) is 0 Å². The predicted octanol–water partition coefficient (Wildman–Crippen LogP) is 5.78. The van der Waals surface area contributed by atoms with Crippen LogP contribution in [0.2, 0.25) is 10.0 Å². The summed E-state index contributed by atoms with van der Waals surface area (Å²) in [6.07, 6.45) is 0.834. The van der Waals surface area contributed by atoms with Crippen molar-refractivity contribution < 1.29 is 14.7 Å². The Morgan fingerprint density at radius 3 is 2.48 bits per heavy atom. The fourth-order valence-corrected chi connectivity index (χ4v) is 4.72. The average Bonchev–Trinajstić information content (AvgIpc) is 3.39. The van der Waals surface area contributed by atoms with Gasteiger partial charge in [0.1, 0.15) is 5.75 Å². The number of carbonyl (C=O) groups excluding carboxylic acids is 2. The van der Waals surface area contributed by atoms with E-state index in [-0.39, 0.29) is 11.7 Å². The number of hydrazone groups is 1. The van der Waals surface area contributed by atoms with Crippen LogP contribution in [0.15, 0.2) is 40.8 Å². The van der Waals surface area contributed by atoms with Gasteiger partial charge in [0.15, 0.2) is 0 Å². The monoisotopic (exact) mass is 495 g/mol. The van der Waals surface area contributed by atoms with Crippen LogP contribution in [0.5, 0.6) is 5.75 Å². The Hall–Kier alpha value is -2.39. The van der Waals surface area contributed by atoms with Crippen LogP contribution in [0.4, 0.5) is 0 Å². The fourth-order valence-electron chi connectivity index (χ4n) is 2.61. The van der Waals surface area contributed by atoms with Crippen molar-refractivity contribution in [2.75, 3.05) is 6.54 Å². The fraction of sp³-hybridized carbons (Fsp3) is 0.190. The lowest BCUT2D eigenvalue weighted by molar-refractivity contribution is 0.0951. The zero-order chi connectivity index (χ0) is 22.5. The number of rotatable bonds is 7. The number of nitrogens with one attached hydrogen (secondary N) is 2. The van der Waals surface area contributed by atoms with E-state index in [0.29, 0.717) is 42.5 Å². The van der Waals surface area contributed by atoms with E-state index in [2.05, 4.69) is 15.8 Å². The van der Waals surface area contributed by atoms with Crippen molar-refractivity contribution in [1.29, 1.82) is 0 Å². The van der Waals surface area contributed by atoms with Gasteiger partial charge in [-0.05, 0) is 43.2 Å². The normalized spacial score (nSPS) is 11.4. The van der Waals surface area contributed by atoms with Crippen LogP contribution in [-0.2, 0) is 0 Å².